The van der Waals surface area contributed by atoms with Gasteiger partial charge in [0.15, 0.2) is 5.82 Å². The average Bonchev–Trinajstić information content (AvgIpc) is 2.42. The molecule has 0 saturated heterocycles. The summed E-state index contributed by atoms with van der Waals surface area (Å²) in [6, 6.07) is 3.81. The molecule has 1 fully saturated rings. The van der Waals surface area contributed by atoms with Gasteiger partial charge in [0.1, 0.15) is 6.07 Å². The van der Waals surface area contributed by atoms with Crippen LogP contribution in [0.3, 0.4) is 0 Å². The van der Waals surface area contributed by atoms with E-state index in [-0.39, 0.29) is 5.54 Å². The summed E-state index contributed by atoms with van der Waals surface area (Å²) in [4.78, 5) is 0. The molecule has 1 aliphatic carbocycles. The van der Waals surface area contributed by atoms with Crippen molar-refractivity contribution >= 4 is 5.82 Å². The van der Waals surface area contributed by atoms with Gasteiger partial charge in [-0.2, -0.15) is 10.4 Å². The molecule has 96 valence electrons. The quantitative estimate of drug-likeness (QED) is 0.845. The molecule has 1 aromatic heterocycles. The molecule has 0 radical (unpaired) electrons. The van der Waals surface area contributed by atoms with E-state index in [0.717, 1.165) is 19.3 Å². The normalized spacial score (nSPS) is 27.5. The van der Waals surface area contributed by atoms with E-state index in [1.165, 1.54) is 12.6 Å². The second-order valence-electron chi connectivity index (χ2n) is 5.04. The minimum Gasteiger partial charge on any atom is -0.360 e. The van der Waals surface area contributed by atoms with Gasteiger partial charge >= 0.3 is 0 Å². The number of hydrogen-bond acceptors (Lipinski definition) is 5. The van der Waals surface area contributed by atoms with E-state index in [0.29, 0.717) is 23.8 Å². The Bertz CT molecular complexity index is 453. The molecule has 18 heavy (non-hydrogen) atoms. The molecule has 1 saturated carbocycles. The van der Waals surface area contributed by atoms with E-state index >= 15 is 0 Å². The van der Waals surface area contributed by atoms with E-state index < -0.39 is 0 Å². The summed E-state index contributed by atoms with van der Waals surface area (Å²) in [5.41, 5.74) is 6.35. The maximum absolute atomic E-state index is 9.08. The second-order valence-corrected chi connectivity index (χ2v) is 5.04. The van der Waals surface area contributed by atoms with Gasteiger partial charge in [0.05, 0.1) is 17.3 Å². The highest BCUT2D eigenvalue weighted by molar-refractivity contribution is 5.52. The van der Waals surface area contributed by atoms with Crippen LogP contribution in [0.4, 0.5) is 5.82 Å². The molecule has 2 rings (SSSR count). The zero-order valence-electron chi connectivity index (χ0n) is 10.7. The molecule has 5 nitrogen and oxygen atoms in total. The standard InChI is InChI=1S/C13H19N5/c1-10-4-2-3-6-13(10,9-15)17-12-11(8-14)5-7-16-18-12/h5,7,10H,2-4,6,9,15H2,1H3,(H,17,18). The highest BCUT2D eigenvalue weighted by Gasteiger charge is 2.37. The van der Waals surface area contributed by atoms with Crippen molar-refractivity contribution in [1.82, 2.24) is 10.2 Å². The highest BCUT2D eigenvalue weighted by Crippen LogP contribution is 2.35. The Kier molecular flexibility index (Phi) is 3.78. The van der Waals surface area contributed by atoms with Crippen LogP contribution >= 0.6 is 0 Å². The monoisotopic (exact) mass is 245 g/mol. The van der Waals surface area contributed by atoms with Crippen molar-refractivity contribution in [3.63, 3.8) is 0 Å². The smallest absolute Gasteiger partial charge is 0.167 e. The number of anilines is 1. The lowest BCUT2D eigenvalue weighted by molar-refractivity contribution is 0.235. The summed E-state index contributed by atoms with van der Waals surface area (Å²) < 4.78 is 0. The third-order valence-corrected chi connectivity index (χ3v) is 4.03. The SMILES string of the molecule is CC1CCCCC1(CN)Nc1nnccc1C#N. The molecular formula is C13H19N5. The number of aromatic nitrogens is 2. The Hall–Kier alpha value is -1.67. The Balaban J connectivity index is 2.27. The molecule has 0 aromatic carbocycles. The first kappa shape index (κ1) is 12.8. The van der Waals surface area contributed by atoms with E-state index in [2.05, 4.69) is 28.5 Å². The predicted octanol–water partition coefficient (Wildman–Crippen LogP) is 1.67. The van der Waals surface area contributed by atoms with Crippen LogP contribution in [-0.2, 0) is 0 Å². The maximum atomic E-state index is 9.08. The first-order chi connectivity index (χ1) is 8.72. The Morgan fingerprint density at radius 2 is 2.44 bits per heavy atom. The van der Waals surface area contributed by atoms with E-state index in [1.807, 2.05) is 0 Å². The van der Waals surface area contributed by atoms with Gasteiger partial charge in [0.25, 0.3) is 0 Å². The summed E-state index contributed by atoms with van der Waals surface area (Å²) >= 11 is 0. The van der Waals surface area contributed by atoms with Crippen LogP contribution < -0.4 is 11.1 Å². The van der Waals surface area contributed by atoms with Crippen LogP contribution in [0.2, 0.25) is 0 Å². The van der Waals surface area contributed by atoms with Gasteiger partial charge in [-0.05, 0) is 24.8 Å². The topological polar surface area (TPSA) is 87.6 Å². The summed E-state index contributed by atoms with van der Waals surface area (Å²) in [6.45, 7) is 2.76. The molecule has 2 atom stereocenters. The van der Waals surface area contributed by atoms with Crippen molar-refractivity contribution in [3.8, 4) is 6.07 Å². The van der Waals surface area contributed by atoms with E-state index in [9.17, 15) is 0 Å². The van der Waals surface area contributed by atoms with Gasteiger partial charge in [0, 0.05) is 6.54 Å². The van der Waals surface area contributed by atoms with Crippen molar-refractivity contribution in [2.75, 3.05) is 11.9 Å². The molecule has 0 bridgehead atoms. The summed E-state index contributed by atoms with van der Waals surface area (Å²) in [6.07, 6.45) is 6.12. The number of rotatable bonds is 3. The zero-order valence-corrected chi connectivity index (χ0v) is 10.7. The van der Waals surface area contributed by atoms with Crippen molar-refractivity contribution in [1.29, 1.82) is 5.26 Å². The maximum Gasteiger partial charge on any atom is 0.167 e. The second kappa shape index (κ2) is 5.32. The van der Waals surface area contributed by atoms with Gasteiger partial charge in [-0.3, -0.25) is 0 Å². The van der Waals surface area contributed by atoms with Crippen molar-refractivity contribution in [2.45, 2.75) is 38.1 Å². The molecule has 1 aliphatic rings. The summed E-state index contributed by atoms with van der Waals surface area (Å²) in [5.74, 6) is 1.03. The molecule has 0 amide bonds. The molecule has 1 aromatic rings. The number of nitrogens with zero attached hydrogens (tertiary/aromatic N) is 3. The van der Waals surface area contributed by atoms with Gasteiger partial charge < -0.3 is 11.1 Å². The van der Waals surface area contributed by atoms with Crippen LogP contribution in [0.15, 0.2) is 12.3 Å². The third kappa shape index (κ3) is 2.29. The molecule has 3 N–H and O–H groups in total. The minimum absolute atomic E-state index is 0.153. The lowest BCUT2D eigenvalue weighted by Crippen LogP contribution is -2.52. The number of hydrogen-bond donors (Lipinski definition) is 2. The van der Waals surface area contributed by atoms with Crippen molar-refractivity contribution in [3.05, 3.63) is 17.8 Å². The van der Waals surface area contributed by atoms with Crippen molar-refractivity contribution < 1.29 is 0 Å². The lowest BCUT2D eigenvalue weighted by atomic mass is 9.73. The van der Waals surface area contributed by atoms with Gasteiger partial charge in [-0.25, -0.2) is 0 Å². The number of nitrogens with two attached hydrogens (primary N) is 1. The molecule has 0 aliphatic heterocycles. The first-order valence-electron chi connectivity index (χ1n) is 6.42. The van der Waals surface area contributed by atoms with Crippen LogP contribution in [0.25, 0.3) is 0 Å². The fourth-order valence-electron chi connectivity index (χ4n) is 2.70. The predicted molar refractivity (Wildman–Crippen MR) is 69.8 cm³/mol. The van der Waals surface area contributed by atoms with Crippen molar-refractivity contribution in [2.24, 2.45) is 11.7 Å². The highest BCUT2D eigenvalue weighted by atomic mass is 15.2. The van der Waals surface area contributed by atoms with Gasteiger partial charge in [-0.15, -0.1) is 5.10 Å². The van der Waals surface area contributed by atoms with E-state index in [1.54, 1.807) is 6.07 Å². The Morgan fingerprint density at radius 1 is 1.61 bits per heavy atom. The first-order valence-corrected chi connectivity index (χ1v) is 6.42. The van der Waals surface area contributed by atoms with Crippen LogP contribution in [0.1, 0.15) is 38.2 Å². The largest absolute Gasteiger partial charge is 0.360 e. The molecule has 2 unspecified atom stereocenters. The summed E-state index contributed by atoms with van der Waals surface area (Å²) in [5, 5.41) is 20.4. The molecular weight excluding hydrogens is 226 g/mol. The number of nitrogens with one attached hydrogen (secondary N) is 1. The van der Waals surface area contributed by atoms with Crippen LogP contribution in [-0.4, -0.2) is 22.3 Å². The number of nitriles is 1. The minimum atomic E-state index is -0.153. The third-order valence-electron chi connectivity index (χ3n) is 4.03. The molecule has 0 spiro atoms. The van der Waals surface area contributed by atoms with Crippen LogP contribution in [0, 0.1) is 17.2 Å². The lowest BCUT2D eigenvalue weighted by Gasteiger charge is -2.43. The summed E-state index contributed by atoms with van der Waals surface area (Å²) in [7, 11) is 0. The average molecular weight is 245 g/mol. The zero-order chi connectivity index (χ0) is 13.0. The Morgan fingerprint density at radius 3 is 3.11 bits per heavy atom. The van der Waals surface area contributed by atoms with E-state index in [4.69, 9.17) is 11.0 Å². The molecule has 1 heterocycles. The molecule has 5 heteroatoms. The fraction of sp³-hybridized carbons (Fsp3) is 0.615. The van der Waals surface area contributed by atoms with Crippen LogP contribution in [0.5, 0.6) is 0 Å². The Labute approximate surface area is 107 Å². The fourth-order valence-corrected chi connectivity index (χ4v) is 2.70. The van der Waals surface area contributed by atoms with Gasteiger partial charge in [0.2, 0.25) is 0 Å². The van der Waals surface area contributed by atoms with Gasteiger partial charge in [-0.1, -0.05) is 19.8 Å².